The lowest BCUT2D eigenvalue weighted by Gasteiger charge is -2.32. The first-order chi connectivity index (χ1) is 11.3. The lowest BCUT2D eigenvalue weighted by atomic mass is 9.93. The van der Waals surface area contributed by atoms with Gasteiger partial charge in [0.25, 0.3) is 0 Å². The summed E-state index contributed by atoms with van der Waals surface area (Å²) in [5.41, 5.74) is -0.976. The number of alkyl halides is 6. The van der Waals surface area contributed by atoms with E-state index in [-0.39, 0.29) is 17.7 Å². The van der Waals surface area contributed by atoms with Gasteiger partial charge in [0.1, 0.15) is 11.4 Å². The van der Waals surface area contributed by atoms with Gasteiger partial charge < -0.3 is 14.2 Å². The van der Waals surface area contributed by atoms with Crippen molar-refractivity contribution in [3.8, 4) is 17.2 Å². The van der Waals surface area contributed by atoms with E-state index >= 15 is 0 Å². The molecule has 140 valence electrons. The molecule has 0 saturated heterocycles. The Bertz CT molecular complexity index is 663. The molecule has 10 heteroatoms. The van der Waals surface area contributed by atoms with Gasteiger partial charge >= 0.3 is 12.4 Å². The average molecular weight is 372 g/mol. The van der Waals surface area contributed by atoms with Crippen molar-refractivity contribution in [3.63, 3.8) is 0 Å². The predicted molar refractivity (Wildman–Crippen MR) is 73.2 cm³/mol. The van der Waals surface area contributed by atoms with Crippen molar-refractivity contribution < 1.29 is 45.3 Å². The summed E-state index contributed by atoms with van der Waals surface area (Å²) in [5, 5.41) is 0. The van der Waals surface area contributed by atoms with Crippen LogP contribution in [0.3, 0.4) is 0 Å². The third-order valence-corrected chi connectivity index (χ3v) is 3.10. The number of rotatable bonds is 4. The second-order valence-electron chi connectivity index (χ2n) is 6.06. The molecule has 1 heterocycles. The summed E-state index contributed by atoms with van der Waals surface area (Å²) in [6.45, 7) is -0.281. The molecule has 25 heavy (non-hydrogen) atoms. The van der Waals surface area contributed by atoms with E-state index in [4.69, 9.17) is 4.74 Å². The molecule has 0 saturated carbocycles. The highest BCUT2D eigenvalue weighted by molar-refractivity contribution is 6.01. The van der Waals surface area contributed by atoms with Crippen molar-refractivity contribution >= 4 is 5.78 Å². The summed E-state index contributed by atoms with van der Waals surface area (Å²) in [7, 11) is 0. The van der Waals surface area contributed by atoms with E-state index in [2.05, 4.69) is 9.47 Å². The Labute approximate surface area is 138 Å². The van der Waals surface area contributed by atoms with Crippen LogP contribution in [-0.2, 0) is 0 Å². The normalized spacial score (nSPS) is 16.9. The van der Waals surface area contributed by atoms with E-state index in [0.717, 1.165) is 12.1 Å². The average Bonchev–Trinajstić information content (AvgIpc) is 2.39. The van der Waals surface area contributed by atoms with E-state index in [1.165, 1.54) is 0 Å². The molecule has 0 atom stereocenters. The number of hydrogen-bond acceptors (Lipinski definition) is 4. The number of halogens is 6. The molecule has 0 spiro atoms. The molecule has 4 nitrogen and oxygen atoms in total. The number of carbonyl (C=O) groups excluding carboxylic acids is 1. The van der Waals surface area contributed by atoms with E-state index < -0.39 is 48.4 Å². The van der Waals surface area contributed by atoms with Crippen molar-refractivity contribution in [2.75, 3.05) is 13.2 Å². The first-order valence-corrected chi connectivity index (χ1v) is 7.05. The number of ketones is 1. The third kappa shape index (κ3) is 5.43. The first kappa shape index (κ1) is 19.2. The number of Topliss-reactive ketones (excluding diaryl/α,β-unsaturated/α-hetero) is 1. The van der Waals surface area contributed by atoms with Crippen LogP contribution in [0.2, 0.25) is 0 Å². The van der Waals surface area contributed by atoms with Crippen LogP contribution in [0.4, 0.5) is 26.3 Å². The van der Waals surface area contributed by atoms with Crippen LogP contribution < -0.4 is 14.2 Å². The minimum Gasteiger partial charge on any atom is -0.486 e. The monoisotopic (exact) mass is 372 g/mol. The Kier molecular flexibility index (Phi) is 4.84. The van der Waals surface area contributed by atoms with Crippen LogP contribution in [0, 0.1) is 0 Å². The number of carbonyl (C=O) groups is 1. The summed E-state index contributed by atoms with van der Waals surface area (Å²) in [4.78, 5) is 12.1. The van der Waals surface area contributed by atoms with Crippen molar-refractivity contribution in [2.45, 2.75) is 38.2 Å². The molecule has 2 rings (SSSR count). The number of benzene rings is 1. The van der Waals surface area contributed by atoms with E-state index in [0.29, 0.717) is 0 Å². The Balaban J connectivity index is 2.38. The zero-order valence-electron chi connectivity index (χ0n) is 13.2. The number of fused-ring (bicyclic) bond motifs is 1. The third-order valence-electron chi connectivity index (χ3n) is 3.10. The van der Waals surface area contributed by atoms with E-state index in [1.54, 1.807) is 13.8 Å². The molecule has 0 fully saturated rings. The highest BCUT2D eigenvalue weighted by Gasteiger charge is 2.36. The van der Waals surface area contributed by atoms with Crippen LogP contribution in [0.15, 0.2) is 12.1 Å². The number of ether oxygens (including phenoxy) is 3. The molecule has 1 aromatic rings. The molecule has 0 radical (unpaired) electrons. The molecule has 0 unspecified atom stereocenters. The molecule has 0 N–H and O–H groups in total. The van der Waals surface area contributed by atoms with Gasteiger partial charge in [-0.3, -0.25) is 4.79 Å². The van der Waals surface area contributed by atoms with Crippen LogP contribution in [-0.4, -0.2) is 37.0 Å². The van der Waals surface area contributed by atoms with Gasteiger partial charge in [-0.2, -0.15) is 26.3 Å². The van der Waals surface area contributed by atoms with Gasteiger partial charge in [-0.05, 0) is 19.9 Å². The zero-order valence-corrected chi connectivity index (χ0v) is 13.2. The second-order valence-corrected chi connectivity index (χ2v) is 6.06. The topological polar surface area (TPSA) is 44.8 Å². The summed E-state index contributed by atoms with van der Waals surface area (Å²) >= 11 is 0. The largest absolute Gasteiger partial charge is 0.486 e. The fourth-order valence-corrected chi connectivity index (χ4v) is 2.20. The maximum atomic E-state index is 12.3. The Hall–Kier alpha value is -2.13. The van der Waals surface area contributed by atoms with Gasteiger partial charge in [-0.25, -0.2) is 0 Å². The molecule has 0 amide bonds. The zero-order chi connectivity index (χ0) is 19.0. The minimum atomic E-state index is -4.71. The first-order valence-electron chi connectivity index (χ1n) is 7.05. The van der Waals surface area contributed by atoms with Gasteiger partial charge in [0.05, 0.1) is 12.0 Å². The second kappa shape index (κ2) is 6.30. The lowest BCUT2D eigenvalue weighted by Crippen LogP contribution is -2.36. The van der Waals surface area contributed by atoms with Crippen LogP contribution >= 0.6 is 0 Å². The van der Waals surface area contributed by atoms with Crippen molar-refractivity contribution in [3.05, 3.63) is 17.7 Å². The van der Waals surface area contributed by atoms with Crippen LogP contribution in [0.25, 0.3) is 0 Å². The van der Waals surface area contributed by atoms with Gasteiger partial charge in [0.2, 0.25) is 0 Å². The van der Waals surface area contributed by atoms with Crippen LogP contribution in [0.5, 0.6) is 17.2 Å². The predicted octanol–water partition coefficient (Wildman–Crippen LogP) is 4.31. The molecule has 1 aromatic carbocycles. The molecular formula is C15H14F6O4. The van der Waals surface area contributed by atoms with Gasteiger partial charge in [-0.15, -0.1) is 0 Å². The Morgan fingerprint density at radius 2 is 1.48 bits per heavy atom. The molecular weight excluding hydrogens is 358 g/mol. The van der Waals surface area contributed by atoms with Crippen LogP contribution in [0.1, 0.15) is 30.6 Å². The SMILES string of the molecule is CC1(C)CC(=O)c2cc(OCC(F)(F)F)c(OCC(F)(F)F)cc2O1. The summed E-state index contributed by atoms with van der Waals surface area (Å²) in [6, 6.07) is 1.84. The molecule has 0 aliphatic carbocycles. The number of hydrogen-bond donors (Lipinski definition) is 0. The molecule has 1 aliphatic heterocycles. The Morgan fingerprint density at radius 3 is 1.96 bits per heavy atom. The van der Waals surface area contributed by atoms with E-state index in [1.807, 2.05) is 0 Å². The highest BCUT2D eigenvalue weighted by atomic mass is 19.4. The molecule has 1 aliphatic rings. The van der Waals surface area contributed by atoms with E-state index in [9.17, 15) is 31.1 Å². The minimum absolute atomic E-state index is 0.0402. The fourth-order valence-electron chi connectivity index (χ4n) is 2.20. The molecule has 0 bridgehead atoms. The van der Waals surface area contributed by atoms with Crippen molar-refractivity contribution in [1.29, 1.82) is 0 Å². The smallest absolute Gasteiger partial charge is 0.422 e. The molecule has 0 aromatic heterocycles. The van der Waals surface area contributed by atoms with Gasteiger partial charge in [0.15, 0.2) is 30.5 Å². The standard InChI is InChI=1S/C15H14F6O4/c1-13(2)5-9(22)8-3-11(23-6-14(16,17)18)12(4-10(8)25-13)24-7-15(19,20)21/h3-4H,5-7H2,1-2H3. The summed E-state index contributed by atoms with van der Waals surface area (Å²) in [6.07, 6.45) is -9.45. The van der Waals surface area contributed by atoms with Crippen molar-refractivity contribution in [1.82, 2.24) is 0 Å². The van der Waals surface area contributed by atoms with Crippen molar-refractivity contribution in [2.24, 2.45) is 0 Å². The highest BCUT2D eigenvalue weighted by Crippen LogP contribution is 2.41. The maximum absolute atomic E-state index is 12.3. The van der Waals surface area contributed by atoms with Gasteiger partial charge in [0, 0.05) is 6.07 Å². The summed E-state index contributed by atoms with van der Waals surface area (Å²) < 4.78 is 88.5. The lowest BCUT2D eigenvalue weighted by molar-refractivity contribution is -0.158. The quantitative estimate of drug-likeness (QED) is 0.739. The maximum Gasteiger partial charge on any atom is 0.422 e. The Morgan fingerprint density at radius 1 is 1.00 bits per heavy atom. The summed E-state index contributed by atoms with van der Waals surface area (Å²) in [5.74, 6) is -1.70. The van der Waals surface area contributed by atoms with Gasteiger partial charge in [-0.1, -0.05) is 0 Å². The fraction of sp³-hybridized carbons (Fsp3) is 0.533.